The van der Waals surface area contributed by atoms with Gasteiger partial charge in [-0.1, -0.05) is 5.16 Å². The molecule has 2 aromatic heterocycles. The van der Waals surface area contributed by atoms with E-state index in [2.05, 4.69) is 15.5 Å². The normalized spacial score (nSPS) is 10.1. The van der Waals surface area contributed by atoms with Crippen LogP contribution < -0.4 is 5.32 Å². The minimum Gasteiger partial charge on any atom is -0.478 e. The topological polar surface area (TPSA) is 105 Å². The van der Waals surface area contributed by atoms with Gasteiger partial charge in [0.1, 0.15) is 11.5 Å². The standard InChI is InChI=1S/C11H9N3O4/c1-6-5-8(14-18-6)13-10(15)9-7(11(16)17)3-2-4-12-9/h2-5H,1H3,(H,16,17)(H,13,14,15). The molecule has 0 bridgehead atoms. The summed E-state index contributed by atoms with van der Waals surface area (Å²) in [6, 6.07) is 4.26. The van der Waals surface area contributed by atoms with Gasteiger partial charge in [0.25, 0.3) is 5.91 Å². The van der Waals surface area contributed by atoms with Crippen LogP contribution in [-0.2, 0) is 0 Å². The molecule has 2 rings (SSSR count). The van der Waals surface area contributed by atoms with E-state index >= 15 is 0 Å². The van der Waals surface area contributed by atoms with Gasteiger partial charge in [-0.3, -0.25) is 9.78 Å². The molecular formula is C11H9N3O4. The molecule has 0 spiro atoms. The number of amides is 1. The summed E-state index contributed by atoms with van der Waals surface area (Å²) in [6.45, 7) is 1.67. The number of anilines is 1. The third kappa shape index (κ3) is 2.34. The van der Waals surface area contributed by atoms with Gasteiger partial charge in [0.15, 0.2) is 5.82 Å². The number of rotatable bonds is 3. The number of carbonyl (C=O) groups is 2. The molecule has 18 heavy (non-hydrogen) atoms. The molecule has 0 fully saturated rings. The second-order valence-electron chi connectivity index (χ2n) is 3.48. The zero-order valence-corrected chi connectivity index (χ0v) is 9.38. The van der Waals surface area contributed by atoms with Crippen LogP contribution >= 0.6 is 0 Å². The number of nitrogens with one attached hydrogen (secondary N) is 1. The molecule has 0 atom stereocenters. The molecule has 0 aliphatic carbocycles. The summed E-state index contributed by atoms with van der Waals surface area (Å²) in [5.41, 5.74) is -0.346. The van der Waals surface area contributed by atoms with Gasteiger partial charge in [0, 0.05) is 12.3 Å². The first-order chi connectivity index (χ1) is 8.58. The fraction of sp³-hybridized carbons (Fsp3) is 0.0909. The van der Waals surface area contributed by atoms with Gasteiger partial charge in [0.05, 0.1) is 5.56 Å². The minimum atomic E-state index is -1.22. The number of aromatic carboxylic acids is 1. The van der Waals surface area contributed by atoms with E-state index < -0.39 is 11.9 Å². The maximum absolute atomic E-state index is 11.8. The van der Waals surface area contributed by atoms with Crippen molar-refractivity contribution >= 4 is 17.7 Å². The first-order valence-electron chi connectivity index (χ1n) is 5.01. The Kier molecular flexibility index (Phi) is 3.05. The van der Waals surface area contributed by atoms with Crippen LogP contribution in [0.3, 0.4) is 0 Å². The quantitative estimate of drug-likeness (QED) is 0.847. The first-order valence-corrected chi connectivity index (χ1v) is 5.01. The SMILES string of the molecule is Cc1cc(NC(=O)c2ncccc2C(=O)O)no1. The van der Waals surface area contributed by atoms with Crippen molar-refractivity contribution in [2.45, 2.75) is 6.92 Å². The Hall–Kier alpha value is -2.70. The Morgan fingerprint density at radius 1 is 1.44 bits per heavy atom. The molecule has 0 aliphatic rings. The number of hydrogen-bond donors (Lipinski definition) is 2. The molecule has 0 radical (unpaired) electrons. The number of aromatic nitrogens is 2. The van der Waals surface area contributed by atoms with Crippen molar-refractivity contribution in [1.82, 2.24) is 10.1 Å². The van der Waals surface area contributed by atoms with E-state index in [0.29, 0.717) is 5.76 Å². The summed E-state index contributed by atoms with van der Waals surface area (Å²) in [7, 11) is 0. The minimum absolute atomic E-state index is 0.171. The zero-order chi connectivity index (χ0) is 13.1. The van der Waals surface area contributed by atoms with Gasteiger partial charge in [-0.2, -0.15) is 0 Å². The van der Waals surface area contributed by atoms with Crippen molar-refractivity contribution in [3.05, 3.63) is 41.4 Å². The van der Waals surface area contributed by atoms with E-state index in [-0.39, 0.29) is 17.1 Å². The highest BCUT2D eigenvalue weighted by molar-refractivity contribution is 6.08. The first kappa shape index (κ1) is 11.8. The number of carbonyl (C=O) groups excluding carboxylic acids is 1. The highest BCUT2D eigenvalue weighted by Crippen LogP contribution is 2.11. The van der Waals surface area contributed by atoms with Gasteiger partial charge < -0.3 is 14.9 Å². The van der Waals surface area contributed by atoms with Crippen molar-refractivity contribution < 1.29 is 19.2 Å². The highest BCUT2D eigenvalue weighted by atomic mass is 16.5. The molecule has 1 amide bonds. The van der Waals surface area contributed by atoms with E-state index in [0.717, 1.165) is 0 Å². The smallest absolute Gasteiger partial charge is 0.338 e. The summed E-state index contributed by atoms with van der Waals surface area (Å²) < 4.78 is 4.78. The van der Waals surface area contributed by atoms with E-state index in [1.165, 1.54) is 24.4 Å². The van der Waals surface area contributed by atoms with Crippen molar-refractivity contribution in [2.24, 2.45) is 0 Å². The van der Waals surface area contributed by atoms with E-state index in [4.69, 9.17) is 9.63 Å². The number of hydrogen-bond acceptors (Lipinski definition) is 5. The van der Waals surface area contributed by atoms with Crippen molar-refractivity contribution in [2.75, 3.05) is 5.32 Å². The van der Waals surface area contributed by atoms with Crippen LogP contribution in [0.15, 0.2) is 28.9 Å². The second kappa shape index (κ2) is 4.66. The molecule has 0 saturated heterocycles. The molecule has 7 heteroatoms. The monoisotopic (exact) mass is 247 g/mol. The largest absolute Gasteiger partial charge is 0.478 e. The van der Waals surface area contributed by atoms with Gasteiger partial charge in [0.2, 0.25) is 0 Å². The Balaban J connectivity index is 2.26. The second-order valence-corrected chi connectivity index (χ2v) is 3.48. The van der Waals surface area contributed by atoms with Crippen LogP contribution in [0.25, 0.3) is 0 Å². The average Bonchev–Trinajstić information content (AvgIpc) is 2.74. The van der Waals surface area contributed by atoms with Crippen molar-refractivity contribution in [3.63, 3.8) is 0 Å². The molecule has 0 aliphatic heterocycles. The highest BCUT2D eigenvalue weighted by Gasteiger charge is 2.18. The van der Waals surface area contributed by atoms with Gasteiger partial charge in [-0.05, 0) is 19.1 Å². The third-order valence-corrected chi connectivity index (χ3v) is 2.12. The average molecular weight is 247 g/mol. The van der Waals surface area contributed by atoms with Crippen molar-refractivity contribution in [1.29, 1.82) is 0 Å². The van der Waals surface area contributed by atoms with Crippen LogP contribution in [0.2, 0.25) is 0 Å². The third-order valence-electron chi connectivity index (χ3n) is 2.12. The molecule has 92 valence electrons. The molecular weight excluding hydrogens is 238 g/mol. The number of carboxylic acid groups (broad SMARTS) is 1. The number of pyridine rings is 1. The molecule has 0 aromatic carbocycles. The number of aryl methyl sites for hydroxylation is 1. The van der Waals surface area contributed by atoms with Crippen LogP contribution in [0.5, 0.6) is 0 Å². The fourth-order valence-electron chi connectivity index (χ4n) is 1.36. The zero-order valence-electron chi connectivity index (χ0n) is 9.38. The molecule has 2 aromatic rings. The summed E-state index contributed by atoms with van der Waals surface area (Å²) >= 11 is 0. The Labute approximate surface area is 101 Å². The maximum atomic E-state index is 11.8. The van der Waals surface area contributed by atoms with E-state index in [9.17, 15) is 9.59 Å². The predicted octanol–water partition coefficient (Wildman–Crippen LogP) is 1.33. The molecule has 7 nitrogen and oxygen atoms in total. The predicted molar refractivity (Wildman–Crippen MR) is 60.4 cm³/mol. The van der Waals surface area contributed by atoms with Crippen LogP contribution in [0.4, 0.5) is 5.82 Å². The fourth-order valence-corrected chi connectivity index (χ4v) is 1.36. The van der Waals surface area contributed by atoms with Gasteiger partial charge in [-0.25, -0.2) is 4.79 Å². The van der Waals surface area contributed by atoms with E-state index in [1.807, 2.05) is 0 Å². The lowest BCUT2D eigenvalue weighted by Crippen LogP contribution is -2.18. The Bertz CT molecular complexity index is 606. The molecule has 2 N–H and O–H groups in total. The summed E-state index contributed by atoms with van der Waals surface area (Å²) in [5.74, 6) is -1.13. The number of nitrogens with zero attached hydrogens (tertiary/aromatic N) is 2. The van der Waals surface area contributed by atoms with Gasteiger partial charge >= 0.3 is 5.97 Å². The van der Waals surface area contributed by atoms with E-state index in [1.54, 1.807) is 6.92 Å². The van der Waals surface area contributed by atoms with Crippen LogP contribution in [0.1, 0.15) is 26.6 Å². The molecule has 2 heterocycles. The van der Waals surface area contributed by atoms with Crippen LogP contribution in [0, 0.1) is 6.92 Å². The molecule has 0 unspecified atom stereocenters. The summed E-state index contributed by atoms with van der Waals surface area (Å²) in [6.07, 6.45) is 1.34. The number of carboxylic acids is 1. The van der Waals surface area contributed by atoms with Crippen LogP contribution in [-0.4, -0.2) is 27.1 Å². The lowest BCUT2D eigenvalue weighted by molar-refractivity contribution is 0.0691. The Morgan fingerprint density at radius 2 is 2.22 bits per heavy atom. The van der Waals surface area contributed by atoms with Gasteiger partial charge in [-0.15, -0.1) is 0 Å². The van der Waals surface area contributed by atoms with Crippen molar-refractivity contribution in [3.8, 4) is 0 Å². The lowest BCUT2D eigenvalue weighted by Gasteiger charge is -2.03. The maximum Gasteiger partial charge on any atom is 0.338 e. The summed E-state index contributed by atoms with van der Waals surface area (Å²) in [5, 5.41) is 14.9. The Morgan fingerprint density at radius 3 is 2.83 bits per heavy atom. The molecule has 0 saturated carbocycles. The lowest BCUT2D eigenvalue weighted by atomic mass is 10.2. The summed E-state index contributed by atoms with van der Waals surface area (Å²) in [4.78, 5) is 26.5.